The van der Waals surface area contributed by atoms with Crippen LogP contribution in [-0.2, 0) is 4.74 Å². The number of nitrogens with one attached hydrogen (secondary N) is 1. The van der Waals surface area contributed by atoms with Crippen molar-refractivity contribution in [1.29, 1.82) is 0 Å². The molecule has 0 bridgehead atoms. The molecule has 1 N–H and O–H groups in total. The van der Waals surface area contributed by atoms with E-state index in [0.29, 0.717) is 12.1 Å². The second-order valence-corrected chi connectivity index (χ2v) is 3.36. The third-order valence-corrected chi connectivity index (χ3v) is 2.39. The topological polar surface area (TPSA) is 34.1 Å². The van der Waals surface area contributed by atoms with E-state index in [1.165, 1.54) is 0 Å². The lowest BCUT2D eigenvalue weighted by atomic mass is 10.1. The summed E-state index contributed by atoms with van der Waals surface area (Å²) in [5.41, 5.74) is 1.07. The van der Waals surface area contributed by atoms with Crippen LogP contribution in [0.5, 0.6) is 0 Å². The minimum Gasteiger partial charge on any atom is -0.378 e. The Morgan fingerprint density at radius 2 is 2.54 bits per heavy atom. The average molecular weight is 178 g/mol. The molecule has 13 heavy (non-hydrogen) atoms. The van der Waals surface area contributed by atoms with Crippen LogP contribution in [0.15, 0.2) is 24.5 Å². The van der Waals surface area contributed by atoms with Gasteiger partial charge in [-0.05, 0) is 25.5 Å². The van der Waals surface area contributed by atoms with Crippen molar-refractivity contribution in [2.75, 3.05) is 11.9 Å². The molecule has 3 heteroatoms. The normalized spacial score (nSPS) is 27.5. The van der Waals surface area contributed by atoms with E-state index in [9.17, 15) is 0 Å². The number of hydrogen-bond donors (Lipinski definition) is 1. The monoisotopic (exact) mass is 178 g/mol. The molecule has 3 nitrogen and oxygen atoms in total. The maximum Gasteiger partial charge on any atom is 0.0748 e. The minimum absolute atomic E-state index is 0.306. The molecule has 0 spiro atoms. The number of aromatic nitrogens is 1. The predicted molar refractivity (Wildman–Crippen MR) is 51.7 cm³/mol. The Hall–Kier alpha value is -1.09. The third-order valence-electron chi connectivity index (χ3n) is 2.39. The Balaban J connectivity index is 1.98. The smallest absolute Gasteiger partial charge is 0.0748 e. The second-order valence-electron chi connectivity index (χ2n) is 3.36. The summed E-state index contributed by atoms with van der Waals surface area (Å²) in [6, 6.07) is 4.39. The van der Waals surface area contributed by atoms with E-state index < -0.39 is 0 Å². The summed E-state index contributed by atoms with van der Waals surface area (Å²) in [6.45, 7) is 2.96. The molecule has 2 atom stereocenters. The molecular formula is C10H14N2O. The number of rotatable bonds is 2. The molecule has 1 aromatic heterocycles. The molecule has 1 fully saturated rings. The summed E-state index contributed by atoms with van der Waals surface area (Å²) < 4.78 is 5.45. The Labute approximate surface area is 78.1 Å². The van der Waals surface area contributed by atoms with Gasteiger partial charge in [0.1, 0.15) is 0 Å². The molecule has 70 valence electrons. The van der Waals surface area contributed by atoms with Crippen LogP contribution in [0.4, 0.5) is 5.69 Å². The van der Waals surface area contributed by atoms with E-state index in [4.69, 9.17) is 4.74 Å². The molecule has 1 aromatic rings. The van der Waals surface area contributed by atoms with Crippen molar-refractivity contribution in [2.24, 2.45) is 0 Å². The van der Waals surface area contributed by atoms with Gasteiger partial charge in [-0.2, -0.15) is 0 Å². The largest absolute Gasteiger partial charge is 0.378 e. The highest BCUT2D eigenvalue weighted by atomic mass is 16.5. The summed E-state index contributed by atoms with van der Waals surface area (Å²) in [7, 11) is 0. The van der Waals surface area contributed by atoms with Crippen LogP contribution in [0.1, 0.15) is 13.3 Å². The number of hydrogen-bond acceptors (Lipinski definition) is 3. The van der Waals surface area contributed by atoms with Crippen LogP contribution >= 0.6 is 0 Å². The highest BCUT2D eigenvalue weighted by molar-refractivity contribution is 5.41. The van der Waals surface area contributed by atoms with Gasteiger partial charge in [0.2, 0.25) is 0 Å². The first kappa shape index (κ1) is 8.51. The lowest BCUT2D eigenvalue weighted by Crippen LogP contribution is -2.26. The van der Waals surface area contributed by atoms with Gasteiger partial charge in [0.15, 0.2) is 0 Å². The lowest BCUT2D eigenvalue weighted by molar-refractivity contribution is 0.121. The summed E-state index contributed by atoms with van der Waals surface area (Å²) in [5, 5.41) is 3.40. The fourth-order valence-electron chi connectivity index (χ4n) is 1.58. The summed E-state index contributed by atoms with van der Waals surface area (Å²) in [5.74, 6) is 0. The zero-order valence-corrected chi connectivity index (χ0v) is 7.73. The van der Waals surface area contributed by atoms with Crippen LogP contribution in [0.2, 0.25) is 0 Å². The highest BCUT2D eigenvalue weighted by Crippen LogP contribution is 2.17. The van der Waals surface area contributed by atoms with Crippen LogP contribution in [0.25, 0.3) is 0 Å². The molecule has 2 unspecified atom stereocenters. The van der Waals surface area contributed by atoms with Gasteiger partial charge >= 0.3 is 0 Å². The van der Waals surface area contributed by atoms with Crippen molar-refractivity contribution in [3.8, 4) is 0 Å². The summed E-state index contributed by atoms with van der Waals surface area (Å²) in [4.78, 5) is 4.05. The van der Waals surface area contributed by atoms with Gasteiger partial charge in [0.05, 0.1) is 17.8 Å². The molecule has 1 aliphatic rings. The number of anilines is 1. The SMILES string of the molecule is CC1OCCC1Nc1cccnc1. The Morgan fingerprint density at radius 3 is 3.15 bits per heavy atom. The Morgan fingerprint density at radius 1 is 1.62 bits per heavy atom. The molecule has 0 saturated carbocycles. The molecule has 0 amide bonds. The Bertz CT molecular complexity index is 263. The van der Waals surface area contributed by atoms with Crippen LogP contribution < -0.4 is 5.32 Å². The van der Waals surface area contributed by atoms with Gasteiger partial charge in [0, 0.05) is 19.0 Å². The van der Waals surface area contributed by atoms with Crippen molar-refractivity contribution in [3.05, 3.63) is 24.5 Å². The van der Waals surface area contributed by atoms with Gasteiger partial charge in [0.25, 0.3) is 0 Å². The van der Waals surface area contributed by atoms with Crippen LogP contribution in [0, 0.1) is 0 Å². The molecular weight excluding hydrogens is 164 g/mol. The Kier molecular flexibility index (Phi) is 2.45. The van der Waals surface area contributed by atoms with E-state index in [0.717, 1.165) is 18.7 Å². The van der Waals surface area contributed by atoms with Crippen LogP contribution in [0.3, 0.4) is 0 Å². The number of ether oxygens (including phenoxy) is 1. The quantitative estimate of drug-likeness (QED) is 0.748. The minimum atomic E-state index is 0.306. The fourth-order valence-corrected chi connectivity index (χ4v) is 1.58. The maximum absolute atomic E-state index is 5.45. The van der Waals surface area contributed by atoms with Crippen molar-refractivity contribution in [3.63, 3.8) is 0 Å². The van der Waals surface area contributed by atoms with E-state index in [2.05, 4.69) is 17.2 Å². The van der Waals surface area contributed by atoms with Gasteiger partial charge in [-0.3, -0.25) is 4.98 Å². The molecule has 2 rings (SSSR count). The van der Waals surface area contributed by atoms with E-state index in [-0.39, 0.29) is 0 Å². The van der Waals surface area contributed by atoms with Gasteiger partial charge in [-0.25, -0.2) is 0 Å². The average Bonchev–Trinajstić information content (AvgIpc) is 2.54. The third kappa shape index (κ3) is 1.98. The van der Waals surface area contributed by atoms with E-state index >= 15 is 0 Å². The molecule has 1 aliphatic heterocycles. The fraction of sp³-hybridized carbons (Fsp3) is 0.500. The van der Waals surface area contributed by atoms with Crippen molar-refractivity contribution < 1.29 is 4.74 Å². The number of nitrogens with zero attached hydrogens (tertiary/aromatic N) is 1. The zero-order chi connectivity index (χ0) is 9.10. The first-order chi connectivity index (χ1) is 6.36. The molecule has 0 aromatic carbocycles. The maximum atomic E-state index is 5.45. The van der Waals surface area contributed by atoms with Gasteiger partial charge < -0.3 is 10.1 Å². The van der Waals surface area contributed by atoms with Gasteiger partial charge in [-0.15, -0.1) is 0 Å². The highest BCUT2D eigenvalue weighted by Gasteiger charge is 2.23. The number of pyridine rings is 1. The summed E-state index contributed by atoms with van der Waals surface area (Å²) >= 11 is 0. The molecule has 2 heterocycles. The van der Waals surface area contributed by atoms with Crippen LogP contribution in [-0.4, -0.2) is 23.7 Å². The predicted octanol–water partition coefficient (Wildman–Crippen LogP) is 1.67. The molecule has 0 aliphatic carbocycles. The van der Waals surface area contributed by atoms with E-state index in [1.807, 2.05) is 18.3 Å². The zero-order valence-electron chi connectivity index (χ0n) is 7.73. The summed E-state index contributed by atoms with van der Waals surface area (Å²) in [6.07, 6.45) is 5.00. The van der Waals surface area contributed by atoms with Crippen molar-refractivity contribution >= 4 is 5.69 Å². The molecule has 0 radical (unpaired) electrons. The molecule has 1 saturated heterocycles. The first-order valence-corrected chi connectivity index (χ1v) is 4.64. The first-order valence-electron chi connectivity index (χ1n) is 4.64. The standard InChI is InChI=1S/C10H14N2O/c1-8-10(4-6-13-8)12-9-3-2-5-11-7-9/h2-3,5,7-8,10,12H,4,6H2,1H3. The van der Waals surface area contributed by atoms with Crippen molar-refractivity contribution in [1.82, 2.24) is 4.98 Å². The van der Waals surface area contributed by atoms with E-state index in [1.54, 1.807) is 6.20 Å². The van der Waals surface area contributed by atoms with Gasteiger partial charge in [-0.1, -0.05) is 0 Å². The van der Waals surface area contributed by atoms with Crippen molar-refractivity contribution in [2.45, 2.75) is 25.5 Å². The second kappa shape index (κ2) is 3.75. The lowest BCUT2D eigenvalue weighted by Gasteiger charge is -2.16.